The van der Waals surface area contributed by atoms with E-state index in [0.29, 0.717) is 0 Å². The van der Waals surface area contributed by atoms with E-state index in [1.54, 1.807) is 0 Å². The molecule has 0 spiro atoms. The molecule has 3 heteroatoms. The van der Waals surface area contributed by atoms with Crippen molar-refractivity contribution in [2.24, 2.45) is 0 Å². The fourth-order valence-electron chi connectivity index (χ4n) is 6.02. The third kappa shape index (κ3) is 4.36. The van der Waals surface area contributed by atoms with Crippen molar-refractivity contribution in [1.29, 1.82) is 0 Å². The molecule has 0 atom stereocenters. The molecule has 0 amide bonds. The van der Waals surface area contributed by atoms with E-state index in [1.165, 1.54) is 53.7 Å². The molecule has 1 aliphatic rings. The van der Waals surface area contributed by atoms with Gasteiger partial charge in [0, 0.05) is 39.3 Å². The van der Waals surface area contributed by atoms with Crippen molar-refractivity contribution >= 4 is 60.3 Å². The molecule has 0 radical (unpaired) electrons. The Morgan fingerprint density at radius 1 is 0.548 bits per heavy atom. The summed E-state index contributed by atoms with van der Waals surface area (Å²) in [6.07, 6.45) is 4.46. The summed E-state index contributed by atoms with van der Waals surface area (Å²) in [5, 5.41) is 8.61. The molecule has 0 aliphatic carbocycles. The second-order valence-electron chi connectivity index (χ2n) is 10.6. The van der Waals surface area contributed by atoms with Gasteiger partial charge in [0.25, 0.3) is 0 Å². The Balaban J connectivity index is 1.24. The molecule has 0 saturated heterocycles. The van der Waals surface area contributed by atoms with Crippen LogP contribution in [0.1, 0.15) is 5.56 Å². The predicted octanol–water partition coefficient (Wildman–Crippen LogP) is 11.3. The molecular weight excluding hydrogens is 529 g/mol. The maximum Gasteiger partial charge on any atom is 0.0971 e. The SMILES string of the molecule is C1=Cc2c(sc3ccc(N(c4ccc(-c5ccccc5)cc4)c4ccc(-c5cccc6ccccc56)cc4)cc23)NC1. The standard InChI is InChI=1S/C39H28N2S/c1-2-8-27(9-3-1)28-15-19-31(20-16-28)41(33-23-24-38-37(26-33)36-14-7-25-40-39(36)42-38)32-21-17-30(18-22-32)35-13-6-11-29-10-4-5-12-34(29)35/h1-24,26,40H,25H2. The van der Waals surface area contributed by atoms with Gasteiger partial charge in [-0.3, -0.25) is 0 Å². The number of nitrogens with one attached hydrogen (secondary N) is 1. The second kappa shape index (κ2) is 10.4. The van der Waals surface area contributed by atoms with E-state index in [-0.39, 0.29) is 0 Å². The van der Waals surface area contributed by atoms with Crippen LogP contribution in [0.3, 0.4) is 0 Å². The summed E-state index contributed by atoms with van der Waals surface area (Å²) in [6, 6.07) is 50.5. The summed E-state index contributed by atoms with van der Waals surface area (Å²) < 4.78 is 1.30. The minimum atomic E-state index is 0.885. The first-order valence-corrected chi connectivity index (χ1v) is 15.1. The van der Waals surface area contributed by atoms with E-state index < -0.39 is 0 Å². The number of fused-ring (bicyclic) bond motifs is 4. The van der Waals surface area contributed by atoms with Gasteiger partial charge in [0.15, 0.2) is 0 Å². The fourth-order valence-corrected chi connectivity index (χ4v) is 7.10. The first-order chi connectivity index (χ1) is 20.8. The zero-order chi connectivity index (χ0) is 27.9. The van der Waals surface area contributed by atoms with Gasteiger partial charge in [-0.05, 0) is 75.5 Å². The highest BCUT2D eigenvalue weighted by atomic mass is 32.1. The van der Waals surface area contributed by atoms with Gasteiger partial charge in [0.2, 0.25) is 0 Å². The number of hydrogen-bond acceptors (Lipinski definition) is 3. The van der Waals surface area contributed by atoms with Crippen molar-refractivity contribution in [2.45, 2.75) is 0 Å². The van der Waals surface area contributed by atoms with Gasteiger partial charge in [-0.2, -0.15) is 0 Å². The molecule has 6 aromatic carbocycles. The van der Waals surface area contributed by atoms with Crippen LogP contribution in [0.5, 0.6) is 0 Å². The van der Waals surface area contributed by atoms with Gasteiger partial charge in [-0.15, -0.1) is 11.3 Å². The zero-order valence-corrected chi connectivity index (χ0v) is 23.8. The number of thiophene rings is 1. The molecule has 0 unspecified atom stereocenters. The Morgan fingerprint density at radius 2 is 1.21 bits per heavy atom. The van der Waals surface area contributed by atoms with Gasteiger partial charge in [-0.25, -0.2) is 0 Å². The lowest BCUT2D eigenvalue weighted by Gasteiger charge is -2.26. The lowest BCUT2D eigenvalue weighted by Crippen LogP contribution is -2.09. The van der Waals surface area contributed by atoms with Crippen LogP contribution in [0.4, 0.5) is 22.1 Å². The van der Waals surface area contributed by atoms with Crippen LogP contribution in [0.15, 0.2) is 146 Å². The summed E-state index contributed by atoms with van der Waals surface area (Å²) in [4.78, 5) is 2.37. The smallest absolute Gasteiger partial charge is 0.0971 e. The van der Waals surface area contributed by atoms with Crippen molar-refractivity contribution < 1.29 is 0 Å². The average molecular weight is 557 g/mol. The lowest BCUT2D eigenvalue weighted by molar-refractivity contribution is 1.29. The maximum absolute atomic E-state index is 3.54. The van der Waals surface area contributed by atoms with Gasteiger partial charge in [0.05, 0.1) is 5.00 Å². The largest absolute Gasteiger partial charge is 0.373 e. The monoisotopic (exact) mass is 556 g/mol. The molecule has 0 saturated carbocycles. The van der Waals surface area contributed by atoms with E-state index in [1.807, 2.05) is 11.3 Å². The summed E-state index contributed by atoms with van der Waals surface area (Å²) in [5.41, 5.74) is 9.59. The molecule has 42 heavy (non-hydrogen) atoms. The molecule has 8 rings (SSSR count). The highest BCUT2D eigenvalue weighted by Crippen LogP contribution is 2.43. The van der Waals surface area contributed by atoms with Gasteiger partial charge in [-0.1, -0.05) is 109 Å². The summed E-state index contributed by atoms with van der Waals surface area (Å²) in [5.74, 6) is 0. The minimum Gasteiger partial charge on any atom is -0.373 e. The molecule has 0 fully saturated rings. The van der Waals surface area contributed by atoms with Gasteiger partial charge >= 0.3 is 0 Å². The zero-order valence-electron chi connectivity index (χ0n) is 23.0. The molecule has 1 aromatic heterocycles. The van der Waals surface area contributed by atoms with Crippen molar-refractivity contribution in [2.75, 3.05) is 16.8 Å². The van der Waals surface area contributed by atoms with Crippen molar-refractivity contribution in [3.63, 3.8) is 0 Å². The van der Waals surface area contributed by atoms with E-state index in [2.05, 4.69) is 162 Å². The van der Waals surface area contributed by atoms with Crippen LogP contribution in [0.25, 0.3) is 49.2 Å². The number of nitrogens with zero attached hydrogens (tertiary/aromatic N) is 1. The Hall–Kier alpha value is -5.12. The van der Waals surface area contributed by atoms with E-state index >= 15 is 0 Å². The van der Waals surface area contributed by atoms with Crippen molar-refractivity contribution in [1.82, 2.24) is 0 Å². The van der Waals surface area contributed by atoms with E-state index in [4.69, 9.17) is 0 Å². The molecular formula is C39H28N2S. The molecule has 200 valence electrons. The summed E-state index contributed by atoms with van der Waals surface area (Å²) in [6.45, 7) is 0.885. The highest BCUT2D eigenvalue weighted by Gasteiger charge is 2.18. The second-order valence-corrected chi connectivity index (χ2v) is 11.7. The quantitative estimate of drug-likeness (QED) is 0.227. The molecule has 1 N–H and O–H groups in total. The van der Waals surface area contributed by atoms with Crippen LogP contribution in [-0.4, -0.2) is 6.54 Å². The number of rotatable bonds is 5. The van der Waals surface area contributed by atoms with Crippen LogP contribution in [0.2, 0.25) is 0 Å². The van der Waals surface area contributed by atoms with Gasteiger partial charge < -0.3 is 10.2 Å². The van der Waals surface area contributed by atoms with Crippen LogP contribution in [0, 0.1) is 0 Å². The van der Waals surface area contributed by atoms with E-state index in [0.717, 1.165) is 23.6 Å². The van der Waals surface area contributed by atoms with Crippen LogP contribution in [-0.2, 0) is 0 Å². The van der Waals surface area contributed by atoms with Gasteiger partial charge in [0.1, 0.15) is 0 Å². The number of benzene rings is 6. The fraction of sp³-hybridized carbons (Fsp3) is 0.0256. The summed E-state index contributed by atoms with van der Waals surface area (Å²) in [7, 11) is 0. The topological polar surface area (TPSA) is 15.3 Å². The van der Waals surface area contributed by atoms with Crippen LogP contribution < -0.4 is 10.2 Å². The molecule has 2 heterocycles. The highest BCUT2D eigenvalue weighted by molar-refractivity contribution is 7.23. The predicted molar refractivity (Wildman–Crippen MR) is 182 cm³/mol. The third-order valence-corrected chi connectivity index (χ3v) is 9.24. The first kappa shape index (κ1) is 24.7. The maximum atomic E-state index is 3.54. The Labute approximate surface area is 249 Å². The minimum absolute atomic E-state index is 0.885. The molecule has 7 aromatic rings. The molecule has 1 aliphatic heterocycles. The Kier molecular flexibility index (Phi) is 6.09. The molecule has 0 bridgehead atoms. The molecule has 2 nitrogen and oxygen atoms in total. The first-order valence-electron chi connectivity index (χ1n) is 14.3. The average Bonchev–Trinajstić information content (AvgIpc) is 3.44. The number of hydrogen-bond donors (Lipinski definition) is 1. The van der Waals surface area contributed by atoms with Crippen LogP contribution >= 0.6 is 11.3 Å². The normalized spacial score (nSPS) is 12.3. The lowest BCUT2D eigenvalue weighted by atomic mass is 9.98. The number of anilines is 4. The summed E-state index contributed by atoms with van der Waals surface area (Å²) >= 11 is 1.83. The Bertz CT molecular complexity index is 2070. The van der Waals surface area contributed by atoms with E-state index in [9.17, 15) is 0 Å². The van der Waals surface area contributed by atoms with Crippen molar-refractivity contribution in [3.8, 4) is 22.3 Å². The van der Waals surface area contributed by atoms with Crippen molar-refractivity contribution in [3.05, 3.63) is 151 Å². The Morgan fingerprint density at radius 3 is 2.02 bits per heavy atom. The third-order valence-electron chi connectivity index (χ3n) is 8.09.